The van der Waals surface area contributed by atoms with Crippen molar-refractivity contribution in [1.82, 2.24) is 10.2 Å². The molecule has 2 amide bonds. The Bertz CT molecular complexity index is 1430. The second-order valence-electron chi connectivity index (χ2n) is 10.8. The molecule has 7 nitrogen and oxygen atoms in total. The normalized spacial score (nSPS) is 12.0. The van der Waals surface area contributed by atoms with Crippen LogP contribution in [0.3, 0.4) is 0 Å². The van der Waals surface area contributed by atoms with Gasteiger partial charge >= 0.3 is 0 Å². The Morgan fingerprint density at radius 1 is 0.905 bits per heavy atom. The minimum Gasteiger partial charge on any atom is -0.354 e. The summed E-state index contributed by atoms with van der Waals surface area (Å²) in [7, 11) is -3.58. The number of sulfonamides is 1. The lowest BCUT2D eigenvalue weighted by molar-refractivity contribution is -0.141. The van der Waals surface area contributed by atoms with Gasteiger partial charge in [-0.15, -0.1) is 0 Å². The standard InChI is InChI=1S/C33H42ClN3O4S/c1-5-6-17-35-33(39)31(23-27-12-8-7-9-13-27)36(24-28-14-10-15-29(34)22-28)32(38)16-11-18-37(42(4,40)41)30-20-25(2)19-26(3)21-30/h7-10,12-15,19-22,31H,5-6,11,16-18,23-24H2,1-4H3,(H,35,39). The fourth-order valence-electron chi connectivity index (χ4n) is 4.99. The number of nitrogens with one attached hydrogen (secondary N) is 1. The van der Waals surface area contributed by atoms with Crippen LogP contribution in [0, 0.1) is 13.8 Å². The molecule has 9 heteroatoms. The van der Waals surface area contributed by atoms with Gasteiger partial charge in [0.05, 0.1) is 11.9 Å². The van der Waals surface area contributed by atoms with Crippen LogP contribution < -0.4 is 9.62 Å². The zero-order valence-corrected chi connectivity index (χ0v) is 26.5. The Kier molecular flexibility index (Phi) is 12.4. The van der Waals surface area contributed by atoms with Crippen LogP contribution in [0.2, 0.25) is 5.02 Å². The molecule has 0 heterocycles. The van der Waals surface area contributed by atoms with Crippen molar-refractivity contribution in [3.63, 3.8) is 0 Å². The van der Waals surface area contributed by atoms with Gasteiger partial charge in [-0.2, -0.15) is 0 Å². The van der Waals surface area contributed by atoms with Gasteiger partial charge < -0.3 is 10.2 Å². The number of amides is 2. The first kappa shape index (κ1) is 33.1. The highest BCUT2D eigenvalue weighted by molar-refractivity contribution is 7.92. The van der Waals surface area contributed by atoms with Crippen LogP contribution in [-0.4, -0.2) is 50.5 Å². The van der Waals surface area contributed by atoms with E-state index < -0.39 is 16.1 Å². The lowest BCUT2D eigenvalue weighted by Gasteiger charge is -2.32. The highest BCUT2D eigenvalue weighted by Crippen LogP contribution is 2.23. The van der Waals surface area contributed by atoms with Crippen molar-refractivity contribution in [2.45, 2.75) is 65.5 Å². The number of nitrogens with zero attached hydrogens (tertiary/aromatic N) is 2. The summed E-state index contributed by atoms with van der Waals surface area (Å²) in [5.74, 6) is -0.439. The SMILES string of the molecule is CCCCNC(=O)C(Cc1ccccc1)N(Cc1cccc(Cl)c1)C(=O)CCCN(c1cc(C)cc(C)c1)S(C)(=O)=O. The number of rotatable bonds is 15. The highest BCUT2D eigenvalue weighted by atomic mass is 35.5. The molecule has 0 spiro atoms. The molecule has 0 aliphatic carbocycles. The first-order valence-electron chi connectivity index (χ1n) is 14.4. The first-order chi connectivity index (χ1) is 20.0. The Hall–Kier alpha value is -3.36. The zero-order chi connectivity index (χ0) is 30.7. The van der Waals surface area contributed by atoms with Gasteiger partial charge in [0.15, 0.2) is 0 Å². The molecule has 1 N–H and O–H groups in total. The van der Waals surface area contributed by atoms with E-state index in [1.165, 1.54) is 10.6 Å². The van der Waals surface area contributed by atoms with Gasteiger partial charge in [0, 0.05) is 37.5 Å². The maximum absolute atomic E-state index is 13.9. The largest absolute Gasteiger partial charge is 0.354 e. The molecule has 1 atom stereocenters. The van der Waals surface area contributed by atoms with E-state index in [1.54, 1.807) is 17.0 Å². The second kappa shape index (κ2) is 15.8. The summed E-state index contributed by atoms with van der Waals surface area (Å²) in [6.07, 6.45) is 3.67. The maximum atomic E-state index is 13.9. The van der Waals surface area contributed by atoms with Gasteiger partial charge in [-0.3, -0.25) is 13.9 Å². The van der Waals surface area contributed by atoms with E-state index >= 15 is 0 Å². The Labute approximate surface area is 255 Å². The number of halogens is 1. The van der Waals surface area contributed by atoms with E-state index in [9.17, 15) is 18.0 Å². The molecule has 0 aliphatic heterocycles. The molecule has 3 aromatic carbocycles. The van der Waals surface area contributed by atoms with Gasteiger partial charge in [-0.05, 0) is 73.2 Å². The van der Waals surface area contributed by atoms with Crippen LogP contribution >= 0.6 is 11.6 Å². The summed E-state index contributed by atoms with van der Waals surface area (Å²) >= 11 is 6.26. The van der Waals surface area contributed by atoms with Crippen molar-refractivity contribution in [2.75, 3.05) is 23.7 Å². The lowest BCUT2D eigenvalue weighted by atomic mass is 10.0. The van der Waals surface area contributed by atoms with Crippen molar-refractivity contribution in [1.29, 1.82) is 0 Å². The minimum atomic E-state index is -3.58. The number of aryl methyl sites for hydroxylation is 2. The molecule has 42 heavy (non-hydrogen) atoms. The van der Waals surface area contributed by atoms with Crippen molar-refractivity contribution >= 4 is 39.1 Å². The summed E-state index contributed by atoms with van der Waals surface area (Å²) < 4.78 is 26.8. The lowest BCUT2D eigenvalue weighted by Crippen LogP contribution is -2.50. The van der Waals surface area contributed by atoms with Crippen LogP contribution in [0.1, 0.15) is 54.9 Å². The molecular formula is C33H42ClN3O4S. The molecule has 0 aliphatic rings. The predicted octanol–water partition coefficient (Wildman–Crippen LogP) is 6.06. The molecule has 0 saturated carbocycles. The van der Waals surface area contributed by atoms with Gasteiger partial charge in [-0.1, -0.05) is 73.5 Å². The fraction of sp³-hybridized carbons (Fsp3) is 0.394. The summed E-state index contributed by atoms with van der Waals surface area (Å²) in [6, 6.07) is 21.8. The van der Waals surface area contributed by atoms with Crippen molar-refractivity contribution in [3.05, 3.63) is 100 Å². The number of anilines is 1. The monoisotopic (exact) mass is 611 g/mol. The second-order valence-corrected chi connectivity index (χ2v) is 13.1. The first-order valence-corrected chi connectivity index (χ1v) is 16.6. The zero-order valence-electron chi connectivity index (χ0n) is 25.0. The summed E-state index contributed by atoms with van der Waals surface area (Å²) in [5.41, 5.74) is 4.24. The van der Waals surface area contributed by atoms with E-state index in [1.807, 2.05) is 74.5 Å². The van der Waals surface area contributed by atoms with Gasteiger partial charge in [0.2, 0.25) is 21.8 Å². The van der Waals surface area contributed by atoms with Crippen LogP contribution in [0.5, 0.6) is 0 Å². The van der Waals surface area contributed by atoms with Crippen molar-refractivity contribution in [2.24, 2.45) is 0 Å². The third-order valence-electron chi connectivity index (χ3n) is 6.99. The number of carbonyl (C=O) groups is 2. The topological polar surface area (TPSA) is 86.8 Å². The molecule has 3 rings (SSSR count). The summed E-state index contributed by atoms with van der Waals surface area (Å²) in [4.78, 5) is 29.1. The van der Waals surface area contributed by atoms with Crippen molar-refractivity contribution in [3.8, 4) is 0 Å². The van der Waals surface area contributed by atoms with E-state index in [4.69, 9.17) is 11.6 Å². The predicted molar refractivity (Wildman–Crippen MR) is 171 cm³/mol. The van der Waals surface area contributed by atoms with E-state index in [2.05, 4.69) is 12.2 Å². The van der Waals surface area contributed by atoms with E-state index in [0.29, 0.717) is 30.1 Å². The Morgan fingerprint density at radius 2 is 1.57 bits per heavy atom. The maximum Gasteiger partial charge on any atom is 0.243 e. The van der Waals surface area contributed by atoms with Gasteiger partial charge in [0.25, 0.3) is 0 Å². The fourth-order valence-corrected chi connectivity index (χ4v) is 6.15. The van der Waals surface area contributed by atoms with E-state index in [0.717, 1.165) is 35.1 Å². The average molecular weight is 612 g/mol. The molecule has 0 radical (unpaired) electrons. The Morgan fingerprint density at radius 3 is 2.19 bits per heavy atom. The van der Waals surface area contributed by atoms with Gasteiger partial charge in [-0.25, -0.2) is 8.42 Å². The molecule has 0 saturated heterocycles. The third-order valence-corrected chi connectivity index (χ3v) is 8.42. The van der Waals surface area contributed by atoms with Crippen LogP contribution in [-0.2, 0) is 32.6 Å². The summed E-state index contributed by atoms with van der Waals surface area (Å²) in [6.45, 7) is 6.77. The van der Waals surface area contributed by atoms with Crippen LogP contribution in [0.25, 0.3) is 0 Å². The van der Waals surface area contributed by atoms with Crippen molar-refractivity contribution < 1.29 is 18.0 Å². The quantitative estimate of drug-likeness (QED) is 0.212. The van der Waals surface area contributed by atoms with Crippen LogP contribution in [0.15, 0.2) is 72.8 Å². The average Bonchev–Trinajstić information content (AvgIpc) is 2.92. The Balaban J connectivity index is 1.88. The third kappa shape index (κ3) is 10.2. The number of unbranched alkanes of at least 4 members (excludes halogenated alkanes) is 1. The summed E-state index contributed by atoms with van der Waals surface area (Å²) in [5, 5.41) is 3.56. The number of hydrogen-bond acceptors (Lipinski definition) is 4. The number of benzene rings is 3. The molecule has 0 fully saturated rings. The van der Waals surface area contributed by atoms with Crippen LogP contribution in [0.4, 0.5) is 5.69 Å². The highest BCUT2D eigenvalue weighted by Gasteiger charge is 2.30. The molecular weight excluding hydrogens is 570 g/mol. The molecule has 226 valence electrons. The van der Waals surface area contributed by atoms with Gasteiger partial charge in [0.1, 0.15) is 6.04 Å². The smallest absolute Gasteiger partial charge is 0.243 e. The molecule has 3 aromatic rings. The number of carbonyl (C=O) groups excluding carboxylic acids is 2. The molecule has 0 bridgehead atoms. The number of hydrogen-bond donors (Lipinski definition) is 1. The molecule has 0 aromatic heterocycles. The van der Waals surface area contributed by atoms with E-state index in [-0.39, 0.29) is 31.3 Å². The molecule has 1 unspecified atom stereocenters. The minimum absolute atomic E-state index is 0.0743.